The molecular weight excluding hydrogens is 376 g/mol. The minimum atomic E-state index is -1.13. The fraction of sp³-hybridized carbons (Fsp3) is 0.429. The van der Waals surface area contributed by atoms with E-state index in [0.29, 0.717) is 12.5 Å². The largest absolute Gasteiger partial charge is 0.389 e. The highest BCUT2D eigenvalue weighted by Crippen LogP contribution is 2.30. The van der Waals surface area contributed by atoms with Gasteiger partial charge in [-0.15, -0.1) is 11.3 Å². The van der Waals surface area contributed by atoms with Crippen LogP contribution in [0.15, 0.2) is 41.8 Å². The van der Waals surface area contributed by atoms with E-state index in [2.05, 4.69) is 19.2 Å². The summed E-state index contributed by atoms with van der Waals surface area (Å²) >= 11 is 1.57. The number of carbonyl (C=O) groups is 2. The van der Waals surface area contributed by atoms with Crippen LogP contribution in [0.5, 0.6) is 0 Å². The zero-order valence-electron chi connectivity index (χ0n) is 16.3. The van der Waals surface area contributed by atoms with Crippen LogP contribution in [0.4, 0.5) is 4.79 Å². The Morgan fingerprint density at radius 3 is 2.54 bits per heavy atom. The fourth-order valence-corrected chi connectivity index (χ4v) is 3.85. The molecule has 0 bridgehead atoms. The fourth-order valence-electron chi connectivity index (χ4n) is 3.21. The van der Waals surface area contributed by atoms with Crippen LogP contribution in [0.25, 0.3) is 0 Å². The number of amides is 3. The lowest BCUT2D eigenvalue weighted by atomic mass is 9.90. The van der Waals surface area contributed by atoms with Gasteiger partial charge in [-0.2, -0.15) is 0 Å². The van der Waals surface area contributed by atoms with Gasteiger partial charge in [0.2, 0.25) is 0 Å². The Bertz CT molecular complexity index is 819. The number of nitrogens with one attached hydrogen (secondary N) is 1. The number of imide groups is 1. The summed E-state index contributed by atoms with van der Waals surface area (Å²) in [5.41, 5.74) is 0.755. The molecule has 1 aromatic heterocycles. The van der Waals surface area contributed by atoms with E-state index >= 15 is 0 Å². The number of urea groups is 1. The van der Waals surface area contributed by atoms with Crippen molar-refractivity contribution in [2.75, 3.05) is 13.2 Å². The van der Waals surface area contributed by atoms with Gasteiger partial charge in [0.05, 0.1) is 25.9 Å². The SMILES string of the molecule is CC(C)c1ccc(C2(C)NC(=O)N(CC(O)COCc3cccs3)C2=O)cc1. The standard InChI is InChI=1S/C21H26N2O4S/c1-14(2)15-6-8-16(9-7-15)21(3)19(25)23(20(26)22-21)11-17(24)12-27-13-18-5-4-10-28-18/h4-10,14,17,24H,11-13H2,1-3H3,(H,22,26). The molecule has 0 radical (unpaired) electrons. The Hall–Kier alpha value is -2.22. The van der Waals surface area contributed by atoms with Crippen molar-refractivity contribution in [2.45, 2.75) is 44.9 Å². The lowest BCUT2D eigenvalue weighted by Gasteiger charge is -2.23. The Morgan fingerprint density at radius 2 is 1.93 bits per heavy atom. The second kappa shape index (κ2) is 8.43. The molecule has 0 saturated carbocycles. The second-order valence-corrected chi connectivity index (χ2v) is 8.53. The molecule has 150 valence electrons. The summed E-state index contributed by atoms with van der Waals surface area (Å²) in [5.74, 6) is 0.0173. The highest BCUT2D eigenvalue weighted by atomic mass is 32.1. The number of nitrogens with zero attached hydrogens (tertiary/aromatic N) is 1. The van der Waals surface area contributed by atoms with E-state index in [9.17, 15) is 14.7 Å². The monoisotopic (exact) mass is 402 g/mol. The normalized spacial score (nSPS) is 20.7. The molecule has 2 aromatic rings. The summed E-state index contributed by atoms with van der Waals surface area (Å²) in [7, 11) is 0. The number of rotatable bonds is 8. The minimum Gasteiger partial charge on any atom is -0.389 e. The number of carbonyl (C=O) groups excluding carboxylic acids is 2. The third kappa shape index (κ3) is 4.27. The van der Waals surface area contributed by atoms with Crippen molar-refractivity contribution < 1.29 is 19.4 Å². The van der Waals surface area contributed by atoms with Crippen LogP contribution in [0.2, 0.25) is 0 Å². The maximum atomic E-state index is 12.9. The van der Waals surface area contributed by atoms with Crippen LogP contribution >= 0.6 is 11.3 Å². The predicted octanol–water partition coefficient (Wildman–Crippen LogP) is 3.22. The van der Waals surface area contributed by atoms with Gasteiger partial charge in [-0.3, -0.25) is 9.69 Å². The molecule has 2 heterocycles. The summed E-state index contributed by atoms with van der Waals surface area (Å²) in [4.78, 5) is 27.5. The number of ether oxygens (including phenoxy) is 1. The highest BCUT2D eigenvalue weighted by molar-refractivity contribution is 7.09. The van der Waals surface area contributed by atoms with Crippen LogP contribution in [-0.4, -0.2) is 41.2 Å². The quantitative estimate of drug-likeness (QED) is 0.665. The molecule has 1 aliphatic rings. The van der Waals surface area contributed by atoms with Gasteiger partial charge in [0.1, 0.15) is 5.54 Å². The van der Waals surface area contributed by atoms with Gasteiger partial charge >= 0.3 is 6.03 Å². The lowest BCUT2D eigenvalue weighted by molar-refractivity contribution is -0.132. The Kier molecular flexibility index (Phi) is 6.17. The first-order valence-corrected chi connectivity index (χ1v) is 10.2. The molecule has 28 heavy (non-hydrogen) atoms. The lowest BCUT2D eigenvalue weighted by Crippen LogP contribution is -2.42. The number of aliphatic hydroxyl groups is 1. The van der Waals surface area contributed by atoms with E-state index in [-0.39, 0.29) is 19.1 Å². The molecule has 1 saturated heterocycles. The van der Waals surface area contributed by atoms with E-state index in [0.717, 1.165) is 15.3 Å². The molecular formula is C21H26N2O4S. The van der Waals surface area contributed by atoms with Crippen molar-refractivity contribution >= 4 is 23.3 Å². The average molecular weight is 403 g/mol. The van der Waals surface area contributed by atoms with Crippen molar-refractivity contribution in [1.82, 2.24) is 10.2 Å². The number of hydrogen-bond donors (Lipinski definition) is 2. The molecule has 2 N–H and O–H groups in total. The van der Waals surface area contributed by atoms with Crippen molar-refractivity contribution in [3.63, 3.8) is 0 Å². The summed E-state index contributed by atoms with van der Waals surface area (Å²) in [6.45, 7) is 6.24. The third-order valence-electron chi connectivity index (χ3n) is 4.96. The Morgan fingerprint density at radius 1 is 1.21 bits per heavy atom. The first-order chi connectivity index (χ1) is 13.3. The van der Waals surface area contributed by atoms with E-state index < -0.39 is 17.7 Å². The third-order valence-corrected chi connectivity index (χ3v) is 5.81. The molecule has 6 nitrogen and oxygen atoms in total. The molecule has 7 heteroatoms. The summed E-state index contributed by atoms with van der Waals surface area (Å²) in [6.07, 6.45) is -0.944. The second-order valence-electron chi connectivity index (χ2n) is 7.50. The number of benzene rings is 1. The number of aliphatic hydroxyl groups excluding tert-OH is 1. The number of thiophene rings is 1. The van der Waals surface area contributed by atoms with E-state index in [4.69, 9.17) is 4.74 Å². The first kappa shape index (κ1) is 20.5. The van der Waals surface area contributed by atoms with Crippen LogP contribution in [0, 0.1) is 0 Å². The van der Waals surface area contributed by atoms with Crippen LogP contribution in [-0.2, 0) is 21.7 Å². The van der Waals surface area contributed by atoms with Crippen molar-refractivity contribution in [3.8, 4) is 0 Å². The predicted molar refractivity (Wildman–Crippen MR) is 108 cm³/mol. The van der Waals surface area contributed by atoms with E-state index in [1.54, 1.807) is 18.3 Å². The summed E-state index contributed by atoms with van der Waals surface area (Å²) < 4.78 is 5.48. The maximum absolute atomic E-state index is 12.9. The van der Waals surface area contributed by atoms with Gasteiger partial charge in [0.15, 0.2) is 0 Å². The van der Waals surface area contributed by atoms with Gasteiger partial charge in [0, 0.05) is 4.88 Å². The number of β-amino-alcohol motifs (C(OH)–C–C–N with tert-alkyl or cyclic N) is 1. The molecule has 0 spiro atoms. The van der Waals surface area contributed by atoms with Gasteiger partial charge in [0.25, 0.3) is 5.91 Å². The zero-order valence-corrected chi connectivity index (χ0v) is 17.2. The van der Waals surface area contributed by atoms with Crippen molar-refractivity contribution in [2.24, 2.45) is 0 Å². The molecule has 3 rings (SSSR count). The maximum Gasteiger partial charge on any atom is 0.325 e. The number of hydrogen-bond acceptors (Lipinski definition) is 5. The van der Waals surface area contributed by atoms with E-state index in [1.807, 2.05) is 41.8 Å². The van der Waals surface area contributed by atoms with E-state index in [1.165, 1.54) is 5.56 Å². The minimum absolute atomic E-state index is 0.0504. The van der Waals surface area contributed by atoms with Gasteiger partial charge < -0.3 is 15.2 Å². The molecule has 2 unspecified atom stereocenters. The molecule has 0 aliphatic carbocycles. The smallest absolute Gasteiger partial charge is 0.325 e. The highest BCUT2D eigenvalue weighted by Gasteiger charge is 2.49. The van der Waals surface area contributed by atoms with Crippen molar-refractivity contribution in [3.05, 3.63) is 57.8 Å². The molecule has 3 amide bonds. The van der Waals surface area contributed by atoms with Crippen molar-refractivity contribution in [1.29, 1.82) is 0 Å². The molecule has 2 atom stereocenters. The first-order valence-electron chi connectivity index (χ1n) is 9.34. The summed E-state index contributed by atoms with van der Waals surface area (Å²) in [5, 5.41) is 14.9. The average Bonchev–Trinajstić information content (AvgIpc) is 3.25. The van der Waals surface area contributed by atoms with Gasteiger partial charge in [-0.25, -0.2) is 4.79 Å². The summed E-state index contributed by atoms with van der Waals surface area (Å²) in [6, 6.07) is 11.1. The topological polar surface area (TPSA) is 78.9 Å². The van der Waals surface area contributed by atoms with Crippen LogP contribution in [0.3, 0.4) is 0 Å². The van der Waals surface area contributed by atoms with Gasteiger partial charge in [-0.05, 0) is 35.4 Å². The zero-order chi connectivity index (χ0) is 20.3. The molecule has 1 fully saturated rings. The Labute approximate surface area is 169 Å². The molecule has 1 aliphatic heterocycles. The van der Waals surface area contributed by atoms with Crippen LogP contribution < -0.4 is 5.32 Å². The van der Waals surface area contributed by atoms with Gasteiger partial charge in [-0.1, -0.05) is 44.2 Å². The molecule has 1 aromatic carbocycles. The van der Waals surface area contributed by atoms with Crippen LogP contribution in [0.1, 0.15) is 42.7 Å². The Balaban J connectivity index is 1.62.